The third-order valence-corrected chi connectivity index (χ3v) is 5.14. The fourth-order valence-corrected chi connectivity index (χ4v) is 3.51. The molecular formula is C22H24ClN5O. The van der Waals surface area contributed by atoms with Gasteiger partial charge in [-0.2, -0.15) is 5.10 Å². The number of benzene rings is 1. The molecule has 4 rings (SSSR count). The van der Waals surface area contributed by atoms with Crippen LogP contribution in [0, 0.1) is 6.92 Å². The monoisotopic (exact) mass is 409 g/mol. The van der Waals surface area contributed by atoms with E-state index in [0.717, 1.165) is 31.7 Å². The van der Waals surface area contributed by atoms with E-state index in [-0.39, 0.29) is 18.2 Å². The molecule has 6 nitrogen and oxygen atoms in total. The van der Waals surface area contributed by atoms with E-state index in [4.69, 9.17) is 0 Å². The number of aromatic nitrogens is 4. The molecule has 0 aliphatic carbocycles. The lowest BCUT2D eigenvalue weighted by Crippen LogP contribution is -2.30. The Morgan fingerprint density at radius 2 is 1.86 bits per heavy atom. The van der Waals surface area contributed by atoms with Crippen molar-refractivity contribution in [1.29, 1.82) is 0 Å². The standard InChI is InChI=1S/C22H23N5O.ClH/c1-17-20(16-25-27(17)22-23-11-5-12-24-22)21(28)10-15-26-13-8-19(9-14-26)18-6-3-2-4-7-18;/h2-8,11-12,16H,9-10,13-15H2,1H3;1H. The van der Waals surface area contributed by atoms with Crippen LogP contribution in [0.1, 0.15) is 34.5 Å². The van der Waals surface area contributed by atoms with Crippen LogP contribution < -0.4 is 0 Å². The maximum atomic E-state index is 12.7. The van der Waals surface area contributed by atoms with Crippen molar-refractivity contribution in [1.82, 2.24) is 24.6 Å². The van der Waals surface area contributed by atoms with E-state index in [9.17, 15) is 4.79 Å². The zero-order valence-electron chi connectivity index (χ0n) is 16.4. The van der Waals surface area contributed by atoms with Crippen LogP contribution in [0.3, 0.4) is 0 Å². The molecule has 0 radical (unpaired) electrons. The van der Waals surface area contributed by atoms with Gasteiger partial charge in [-0.05, 0) is 30.5 Å². The molecule has 3 aromatic rings. The van der Waals surface area contributed by atoms with Crippen LogP contribution in [0.2, 0.25) is 0 Å². The average Bonchev–Trinajstić information content (AvgIpc) is 3.15. The predicted molar refractivity (Wildman–Crippen MR) is 116 cm³/mol. The van der Waals surface area contributed by atoms with E-state index in [0.29, 0.717) is 17.9 Å². The van der Waals surface area contributed by atoms with Crippen LogP contribution in [-0.2, 0) is 0 Å². The second-order valence-electron chi connectivity index (χ2n) is 6.92. The summed E-state index contributed by atoms with van der Waals surface area (Å²) in [7, 11) is 0. The Hall–Kier alpha value is -2.83. The molecule has 2 aromatic heterocycles. The summed E-state index contributed by atoms with van der Waals surface area (Å²) in [5.74, 6) is 0.589. The summed E-state index contributed by atoms with van der Waals surface area (Å²) in [4.78, 5) is 23.4. The quantitative estimate of drug-likeness (QED) is 0.580. The van der Waals surface area contributed by atoms with Gasteiger partial charge >= 0.3 is 0 Å². The number of nitrogens with zero attached hydrogens (tertiary/aromatic N) is 5. The SMILES string of the molecule is Cc1c(C(=O)CCN2CC=C(c3ccccc3)CC2)cnn1-c1ncccn1.Cl. The summed E-state index contributed by atoms with van der Waals surface area (Å²) >= 11 is 0. The van der Waals surface area contributed by atoms with Gasteiger partial charge in [-0.1, -0.05) is 36.4 Å². The van der Waals surface area contributed by atoms with Crippen molar-refractivity contribution in [3.8, 4) is 5.95 Å². The normalized spacial score (nSPS) is 14.2. The summed E-state index contributed by atoms with van der Waals surface area (Å²) in [5, 5.41) is 4.29. The van der Waals surface area contributed by atoms with Gasteiger partial charge in [0.25, 0.3) is 5.95 Å². The number of halogens is 1. The van der Waals surface area contributed by atoms with Crippen molar-refractivity contribution in [3.05, 3.63) is 77.9 Å². The van der Waals surface area contributed by atoms with Crippen molar-refractivity contribution >= 4 is 23.8 Å². The first-order chi connectivity index (χ1) is 13.7. The van der Waals surface area contributed by atoms with Gasteiger partial charge in [0.05, 0.1) is 17.5 Å². The maximum absolute atomic E-state index is 12.7. The Morgan fingerprint density at radius 1 is 1.10 bits per heavy atom. The highest BCUT2D eigenvalue weighted by Gasteiger charge is 2.18. The van der Waals surface area contributed by atoms with E-state index in [1.807, 2.05) is 13.0 Å². The zero-order chi connectivity index (χ0) is 19.3. The Bertz CT molecular complexity index is 985. The van der Waals surface area contributed by atoms with Crippen molar-refractivity contribution < 1.29 is 4.79 Å². The fourth-order valence-electron chi connectivity index (χ4n) is 3.51. The molecule has 1 aromatic carbocycles. The average molecular weight is 410 g/mol. The van der Waals surface area contributed by atoms with Gasteiger partial charge in [-0.3, -0.25) is 9.69 Å². The van der Waals surface area contributed by atoms with Gasteiger partial charge in [-0.15, -0.1) is 12.4 Å². The van der Waals surface area contributed by atoms with Crippen LogP contribution in [0.5, 0.6) is 0 Å². The third-order valence-electron chi connectivity index (χ3n) is 5.14. The van der Waals surface area contributed by atoms with Gasteiger partial charge in [0.15, 0.2) is 5.78 Å². The molecule has 0 spiro atoms. The second-order valence-corrected chi connectivity index (χ2v) is 6.92. The van der Waals surface area contributed by atoms with Crippen LogP contribution in [0.15, 0.2) is 61.1 Å². The Balaban J connectivity index is 0.00000240. The van der Waals surface area contributed by atoms with E-state index in [1.54, 1.807) is 29.3 Å². The maximum Gasteiger partial charge on any atom is 0.250 e. The first kappa shape index (κ1) is 20.9. The highest BCUT2D eigenvalue weighted by molar-refractivity contribution is 5.97. The van der Waals surface area contributed by atoms with E-state index < -0.39 is 0 Å². The molecule has 0 atom stereocenters. The number of Topliss-reactive ketones (excluding diaryl/α,β-unsaturated/α-hetero) is 1. The number of hydrogen-bond acceptors (Lipinski definition) is 5. The number of carbonyl (C=O) groups excluding carboxylic acids is 1. The minimum Gasteiger partial charge on any atom is -0.299 e. The van der Waals surface area contributed by atoms with E-state index in [1.165, 1.54) is 11.1 Å². The fraction of sp³-hybridized carbons (Fsp3) is 0.273. The summed E-state index contributed by atoms with van der Waals surface area (Å²) in [6.45, 7) is 4.49. The third kappa shape index (κ3) is 4.78. The minimum absolute atomic E-state index is 0. The molecule has 0 fully saturated rings. The Kier molecular flexibility index (Phi) is 6.90. The highest BCUT2D eigenvalue weighted by Crippen LogP contribution is 2.22. The lowest BCUT2D eigenvalue weighted by molar-refractivity contribution is 0.0966. The van der Waals surface area contributed by atoms with Crippen molar-refractivity contribution in [3.63, 3.8) is 0 Å². The van der Waals surface area contributed by atoms with Crippen LogP contribution in [0.25, 0.3) is 11.5 Å². The molecule has 0 saturated carbocycles. The molecule has 0 saturated heterocycles. The lowest BCUT2D eigenvalue weighted by Gasteiger charge is -2.26. The summed E-state index contributed by atoms with van der Waals surface area (Å²) in [6, 6.07) is 12.3. The number of carbonyl (C=O) groups is 1. The topological polar surface area (TPSA) is 63.9 Å². The molecule has 0 bridgehead atoms. The Morgan fingerprint density at radius 3 is 2.55 bits per heavy atom. The summed E-state index contributed by atoms with van der Waals surface area (Å²) in [6.07, 6.45) is 8.73. The molecule has 0 N–H and O–H groups in total. The smallest absolute Gasteiger partial charge is 0.250 e. The summed E-state index contributed by atoms with van der Waals surface area (Å²) < 4.78 is 1.61. The van der Waals surface area contributed by atoms with Gasteiger partial charge in [0.1, 0.15) is 0 Å². The van der Waals surface area contributed by atoms with Crippen molar-refractivity contribution in [2.75, 3.05) is 19.6 Å². The number of rotatable bonds is 6. The van der Waals surface area contributed by atoms with Gasteiger partial charge in [0.2, 0.25) is 0 Å². The van der Waals surface area contributed by atoms with Crippen molar-refractivity contribution in [2.45, 2.75) is 19.8 Å². The predicted octanol–water partition coefficient (Wildman–Crippen LogP) is 3.75. The van der Waals surface area contributed by atoms with Crippen LogP contribution >= 0.6 is 12.4 Å². The Labute approximate surface area is 176 Å². The summed E-state index contributed by atoms with van der Waals surface area (Å²) in [5.41, 5.74) is 4.11. The van der Waals surface area contributed by atoms with Gasteiger partial charge in [0, 0.05) is 38.4 Å². The molecule has 3 heterocycles. The molecule has 0 unspecified atom stereocenters. The minimum atomic E-state index is 0. The molecule has 0 amide bonds. The van der Waals surface area contributed by atoms with Crippen molar-refractivity contribution in [2.24, 2.45) is 0 Å². The van der Waals surface area contributed by atoms with Gasteiger partial charge < -0.3 is 0 Å². The first-order valence-corrected chi connectivity index (χ1v) is 9.54. The van der Waals surface area contributed by atoms with Crippen LogP contribution in [0.4, 0.5) is 0 Å². The van der Waals surface area contributed by atoms with Gasteiger partial charge in [-0.25, -0.2) is 14.6 Å². The van der Waals surface area contributed by atoms with Crippen LogP contribution in [-0.4, -0.2) is 50.1 Å². The second kappa shape index (κ2) is 9.58. The molecular weight excluding hydrogens is 386 g/mol. The number of hydrogen-bond donors (Lipinski definition) is 0. The first-order valence-electron chi connectivity index (χ1n) is 9.54. The molecule has 150 valence electrons. The number of ketones is 1. The zero-order valence-corrected chi connectivity index (χ0v) is 17.2. The molecule has 1 aliphatic heterocycles. The largest absolute Gasteiger partial charge is 0.299 e. The molecule has 1 aliphatic rings. The van der Waals surface area contributed by atoms with E-state index >= 15 is 0 Å². The lowest BCUT2D eigenvalue weighted by atomic mass is 9.99. The molecule has 29 heavy (non-hydrogen) atoms. The molecule has 7 heteroatoms. The highest BCUT2D eigenvalue weighted by atomic mass is 35.5. The van der Waals surface area contributed by atoms with E-state index in [2.05, 4.69) is 50.3 Å².